The zero-order chi connectivity index (χ0) is 23.9. The number of carbonyl (C=O) groups excluding carboxylic acids is 1. The molecule has 0 aliphatic rings. The van der Waals surface area contributed by atoms with Crippen LogP contribution in [0.1, 0.15) is 38.8 Å². The summed E-state index contributed by atoms with van der Waals surface area (Å²) in [6.45, 7) is 8.04. The normalized spacial score (nSPS) is 11.2. The average Bonchev–Trinajstić information content (AvgIpc) is 3.40. The maximum Gasteiger partial charge on any atom is 0.276 e. The van der Waals surface area contributed by atoms with Gasteiger partial charge in [0.15, 0.2) is 5.69 Å². The maximum absolute atomic E-state index is 13.3. The first-order valence-corrected chi connectivity index (χ1v) is 10.9. The van der Waals surface area contributed by atoms with Crippen molar-refractivity contribution in [3.05, 3.63) is 80.4 Å². The van der Waals surface area contributed by atoms with Gasteiger partial charge in [-0.3, -0.25) is 14.2 Å². The Morgan fingerprint density at radius 1 is 1.00 bits per heavy atom. The summed E-state index contributed by atoms with van der Waals surface area (Å²) in [6, 6.07) is 5.87. The number of aromatic nitrogens is 6. The maximum atomic E-state index is 13.3. The molecule has 8 nitrogen and oxygen atoms in total. The molecule has 3 aromatic heterocycles. The highest BCUT2D eigenvalue weighted by molar-refractivity contribution is 6.32. The minimum absolute atomic E-state index is 0.260. The number of benzene rings is 1. The van der Waals surface area contributed by atoms with E-state index in [4.69, 9.17) is 23.2 Å². The summed E-state index contributed by atoms with van der Waals surface area (Å²) in [5.41, 5.74) is 4.55. The molecule has 1 N–H and O–H groups in total. The minimum Gasteiger partial charge on any atom is -0.317 e. The van der Waals surface area contributed by atoms with Gasteiger partial charge in [-0.1, -0.05) is 29.3 Å². The first kappa shape index (κ1) is 23.0. The fourth-order valence-corrected chi connectivity index (χ4v) is 3.89. The van der Waals surface area contributed by atoms with Crippen molar-refractivity contribution >= 4 is 34.8 Å². The molecule has 1 aromatic carbocycles. The lowest BCUT2D eigenvalue weighted by molar-refractivity contribution is 0.102. The van der Waals surface area contributed by atoms with Gasteiger partial charge in [-0.05, 0) is 51.5 Å². The number of halogens is 3. The Bertz CT molecular complexity index is 1360. The zero-order valence-corrected chi connectivity index (χ0v) is 20.0. The van der Waals surface area contributed by atoms with Crippen molar-refractivity contribution in [1.82, 2.24) is 29.3 Å². The lowest BCUT2D eigenvalue weighted by Gasteiger charge is -2.08. The van der Waals surface area contributed by atoms with Crippen LogP contribution in [-0.4, -0.2) is 35.2 Å². The van der Waals surface area contributed by atoms with Gasteiger partial charge in [0, 0.05) is 11.2 Å². The van der Waals surface area contributed by atoms with Gasteiger partial charge in [-0.2, -0.15) is 15.3 Å². The SMILES string of the molecule is Cc1nn(Cn2ccc(C(=O)Nc3c(C)nn(Cc4ccc(F)cc4Cl)c3C)n2)c(C)c1Cl. The molecule has 0 radical (unpaired) electrons. The lowest BCUT2D eigenvalue weighted by Crippen LogP contribution is -2.16. The summed E-state index contributed by atoms with van der Waals surface area (Å²) in [5.74, 6) is -0.754. The number of anilines is 1. The molecule has 0 saturated carbocycles. The standard InChI is InChI=1S/C22H22Cl2FN7O/c1-12-20(24)14(3)32(27-12)11-30-8-7-19(29-30)22(33)26-21-13(2)28-31(15(21)4)10-16-5-6-17(25)9-18(16)23/h5-9H,10-11H2,1-4H3,(H,26,33). The molecule has 3 heterocycles. The molecular weight excluding hydrogens is 468 g/mol. The smallest absolute Gasteiger partial charge is 0.276 e. The van der Waals surface area contributed by atoms with Crippen LogP contribution >= 0.6 is 23.2 Å². The highest BCUT2D eigenvalue weighted by Crippen LogP contribution is 2.24. The van der Waals surface area contributed by atoms with Crippen LogP contribution in [0.3, 0.4) is 0 Å². The van der Waals surface area contributed by atoms with Crippen molar-refractivity contribution in [2.24, 2.45) is 0 Å². The van der Waals surface area contributed by atoms with E-state index in [2.05, 4.69) is 20.6 Å². The van der Waals surface area contributed by atoms with Crippen LogP contribution in [0.25, 0.3) is 0 Å². The van der Waals surface area contributed by atoms with Crippen molar-refractivity contribution < 1.29 is 9.18 Å². The number of nitrogens with zero attached hydrogens (tertiary/aromatic N) is 6. The van der Waals surface area contributed by atoms with E-state index in [-0.39, 0.29) is 11.6 Å². The summed E-state index contributed by atoms with van der Waals surface area (Å²) < 4.78 is 18.4. The van der Waals surface area contributed by atoms with E-state index < -0.39 is 5.82 Å². The molecule has 0 aliphatic carbocycles. The number of hydrogen-bond donors (Lipinski definition) is 1. The molecule has 1 amide bonds. The Labute approximate surface area is 199 Å². The van der Waals surface area contributed by atoms with Crippen LogP contribution < -0.4 is 5.32 Å². The molecule has 0 saturated heterocycles. The third kappa shape index (κ3) is 4.65. The summed E-state index contributed by atoms with van der Waals surface area (Å²) in [5, 5.41) is 17.1. The molecule has 33 heavy (non-hydrogen) atoms. The molecule has 0 spiro atoms. The zero-order valence-electron chi connectivity index (χ0n) is 18.5. The second-order valence-corrected chi connectivity index (χ2v) is 8.54. The van der Waals surface area contributed by atoms with E-state index >= 15 is 0 Å². The average molecular weight is 490 g/mol. The lowest BCUT2D eigenvalue weighted by atomic mass is 10.2. The van der Waals surface area contributed by atoms with Crippen LogP contribution in [0.15, 0.2) is 30.5 Å². The van der Waals surface area contributed by atoms with E-state index in [1.807, 2.05) is 20.8 Å². The fourth-order valence-electron chi connectivity index (χ4n) is 3.53. The second kappa shape index (κ2) is 8.99. The fraction of sp³-hybridized carbons (Fsp3) is 0.273. The topological polar surface area (TPSA) is 82.6 Å². The third-order valence-corrected chi connectivity index (χ3v) is 6.30. The predicted molar refractivity (Wildman–Crippen MR) is 125 cm³/mol. The molecule has 0 unspecified atom stereocenters. The Kier molecular flexibility index (Phi) is 6.27. The van der Waals surface area contributed by atoms with Gasteiger partial charge in [0.1, 0.15) is 12.5 Å². The van der Waals surface area contributed by atoms with Gasteiger partial charge < -0.3 is 5.32 Å². The Morgan fingerprint density at radius 2 is 1.73 bits per heavy atom. The summed E-state index contributed by atoms with van der Waals surface area (Å²) in [4.78, 5) is 12.8. The van der Waals surface area contributed by atoms with Crippen molar-refractivity contribution in [2.75, 3.05) is 5.32 Å². The van der Waals surface area contributed by atoms with E-state index in [1.165, 1.54) is 12.1 Å². The van der Waals surface area contributed by atoms with Crippen LogP contribution in [0.4, 0.5) is 10.1 Å². The number of hydrogen-bond acceptors (Lipinski definition) is 4. The second-order valence-electron chi connectivity index (χ2n) is 7.76. The van der Waals surface area contributed by atoms with Crippen molar-refractivity contribution in [3.8, 4) is 0 Å². The van der Waals surface area contributed by atoms with Gasteiger partial charge in [0.05, 0.1) is 40.0 Å². The molecule has 11 heteroatoms. The minimum atomic E-state index is -0.398. The summed E-state index contributed by atoms with van der Waals surface area (Å²) >= 11 is 12.3. The van der Waals surface area contributed by atoms with Gasteiger partial charge in [-0.15, -0.1) is 0 Å². The van der Waals surface area contributed by atoms with E-state index in [1.54, 1.807) is 39.3 Å². The van der Waals surface area contributed by atoms with Crippen LogP contribution in [0.5, 0.6) is 0 Å². The van der Waals surface area contributed by atoms with E-state index in [0.717, 1.165) is 22.6 Å². The van der Waals surface area contributed by atoms with Crippen molar-refractivity contribution in [3.63, 3.8) is 0 Å². The van der Waals surface area contributed by atoms with Gasteiger partial charge in [0.2, 0.25) is 0 Å². The van der Waals surface area contributed by atoms with E-state index in [9.17, 15) is 9.18 Å². The Hall–Kier alpha value is -3.17. The molecule has 0 atom stereocenters. The highest BCUT2D eigenvalue weighted by atomic mass is 35.5. The first-order chi connectivity index (χ1) is 15.6. The quantitative estimate of drug-likeness (QED) is 0.423. The summed E-state index contributed by atoms with van der Waals surface area (Å²) in [6.07, 6.45) is 1.71. The van der Waals surface area contributed by atoms with Gasteiger partial charge in [-0.25, -0.2) is 9.07 Å². The molecule has 4 rings (SSSR count). The number of carbonyl (C=O) groups is 1. The number of nitrogens with one attached hydrogen (secondary N) is 1. The van der Waals surface area contributed by atoms with Crippen LogP contribution in [0.2, 0.25) is 10.0 Å². The predicted octanol–water partition coefficient (Wildman–Crippen LogP) is 4.76. The molecule has 0 aliphatic heterocycles. The van der Waals surface area contributed by atoms with Gasteiger partial charge in [0.25, 0.3) is 5.91 Å². The largest absolute Gasteiger partial charge is 0.317 e. The highest BCUT2D eigenvalue weighted by Gasteiger charge is 2.18. The summed E-state index contributed by atoms with van der Waals surface area (Å²) in [7, 11) is 0. The van der Waals surface area contributed by atoms with E-state index in [0.29, 0.717) is 34.6 Å². The number of amides is 1. The molecule has 0 bridgehead atoms. The Balaban J connectivity index is 1.49. The van der Waals surface area contributed by atoms with Crippen LogP contribution in [-0.2, 0) is 13.2 Å². The Morgan fingerprint density at radius 3 is 2.39 bits per heavy atom. The van der Waals surface area contributed by atoms with Crippen LogP contribution in [0, 0.1) is 33.5 Å². The van der Waals surface area contributed by atoms with Crippen molar-refractivity contribution in [1.29, 1.82) is 0 Å². The monoisotopic (exact) mass is 489 g/mol. The number of aryl methyl sites for hydroxylation is 2. The molecular formula is C22H22Cl2FN7O. The first-order valence-electron chi connectivity index (χ1n) is 10.2. The third-order valence-electron chi connectivity index (χ3n) is 5.40. The number of rotatable bonds is 6. The van der Waals surface area contributed by atoms with Crippen molar-refractivity contribution in [2.45, 2.75) is 40.9 Å². The van der Waals surface area contributed by atoms with Gasteiger partial charge >= 0.3 is 0 Å². The molecule has 0 fully saturated rings. The molecule has 4 aromatic rings. The molecule has 172 valence electrons.